The third-order valence-corrected chi connectivity index (χ3v) is 4.40. The van der Waals surface area contributed by atoms with E-state index in [-0.39, 0.29) is 12.1 Å². The molecular formula is C9H20N2O2S. The molecule has 1 aliphatic heterocycles. The molecule has 0 saturated carbocycles. The standard InChI is InChI=1S/C9H20N2O2S/c1-3-11(6-8(2)10)9-4-5-14(12,13)7-9/h8-9H,3-7,10H2,1-2H3. The van der Waals surface area contributed by atoms with Crippen molar-refractivity contribution < 1.29 is 8.42 Å². The fourth-order valence-corrected chi connectivity index (χ4v) is 3.73. The maximum absolute atomic E-state index is 11.3. The van der Waals surface area contributed by atoms with Gasteiger partial charge in [0.2, 0.25) is 0 Å². The second-order valence-electron chi connectivity index (χ2n) is 4.12. The van der Waals surface area contributed by atoms with Gasteiger partial charge in [-0.25, -0.2) is 8.42 Å². The van der Waals surface area contributed by atoms with Crippen LogP contribution in [-0.4, -0.2) is 50.0 Å². The molecule has 0 aromatic carbocycles. The second kappa shape index (κ2) is 4.59. The molecule has 2 unspecified atom stereocenters. The van der Waals surface area contributed by atoms with Crippen molar-refractivity contribution in [1.82, 2.24) is 4.90 Å². The zero-order valence-electron chi connectivity index (χ0n) is 8.94. The first-order valence-corrected chi connectivity index (χ1v) is 6.97. The van der Waals surface area contributed by atoms with Crippen LogP contribution in [0, 0.1) is 0 Å². The lowest BCUT2D eigenvalue weighted by Crippen LogP contribution is -2.42. The molecule has 84 valence electrons. The van der Waals surface area contributed by atoms with E-state index in [0.717, 1.165) is 19.5 Å². The number of hydrogen-bond donors (Lipinski definition) is 1. The average molecular weight is 220 g/mol. The van der Waals surface area contributed by atoms with E-state index in [0.29, 0.717) is 11.5 Å². The Bertz CT molecular complexity index is 275. The number of hydrogen-bond acceptors (Lipinski definition) is 4. The van der Waals surface area contributed by atoms with E-state index in [4.69, 9.17) is 5.73 Å². The van der Waals surface area contributed by atoms with Gasteiger partial charge in [-0.1, -0.05) is 6.92 Å². The van der Waals surface area contributed by atoms with E-state index in [9.17, 15) is 8.42 Å². The summed E-state index contributed by atoms with van der Waals surface area (Å²) < 4.78 is 22.6. The van der Waals surface area contributed by atoms with E-state index >= 15 is 0 Å². The minimum atomic E-state index is -2.77. The highest BCUT2D eigenvalue weighted by atomic mass is 32.2. The Labute approximate surface area is 86.4 Å². The molecule has 0 amide bonds. The summed E-state index contributed by atoms with van der Waals surface area (Å²) in [6.07, 6.45) is 0.767. The highest BCUT2D eigenvalue weighted by molar-refractivity contribution is 7.91. The number of sulfone groups is 1. The first-order valence-electron chi connectivity index (χ1n) is 5.14. The van der Waals surface area contributed by atoms with Crippen LogP contribution >= 0.6 is 0 Å². The molecule has 5 heteroatoms. The van der Waals surface area contributed by atoms with E-state index in [1.165, 1.54) is 0 Å². The zero-order valence-corrected chi connectivity index (χ0v) is 9.76. The zero-order chi connectivity index (χ0) is 10.8. The smallest absolute Gasteiger partial charge is 0.151 e. The van der Waals surface area contributed by atoms with Crippen molar-refractivity contribution in [2.75, 3.05) is 24.6 Å². The first kappa shape index (κ1) is 11.9. The molecule has 1 rings (SSSR count). The van der Waals surface area contributed by atoms with Gasteiger partial charge in [-0.3, -0.25) is 4.90 Å². The van der Waals surface area contributed by atoms with E-state index in [2.05, 4.69) is 4.90 Å². The Morgan fingerprint density at radius 3 is 2.57 bits per heavy atom. The topological polar surface area (TPSA) is 63.4 Å². The van der Waals surface area contributed by atoms with Crippen LogP contribution < -0.4 is 5.73 Å². The molecule has 0 aliphatic carbocycles. The SMILES string of the molecule is CCN(CC(C)N)C1CCS(=O)(=O)C1. The predicted molar refractivity (Wildman–Crippen MR) is 58.0 cm³/mol. The van der Waals surface area contributed by atoms with Crippen molar-refractivity contribution in [3.8, 4) is 0 Å². The summed E-state index contributed by atoms with van der Waals surface area (Å²) in [5.41, 5.74) is 5.71. The lowest BCUT2D eigenvalue weighted by molar-refractivity contribution is 0.213. The fourth-order valence-electron chi connectivity index (χ4n) is 1.97. The van der Waals surface area contributed by atoms with Gasteiger partial charge in [-0.05, 0) is 19.9 Å². The Kier molecular flexibility index (Phi) is 3.92. The van der Waals surface area contributed by atoms with Crippen LogP contribution in [0.15, 0.2) is 0 Å². The number of rotatable bonds is 4. The van der Waals surface area contributed by atoms with Crippen molar-refractivity contribution in [2.45, 2.75) is 32.4 Å². The molecule has 1 aliphatic rings. The Hall–Kier alpha value is -0.130. The van der Waals surface area contributed by atoms with Crippen molar-refractivity contribution in [2.24, 2.45) is 5.73 Å². The lowest BCUT2D eigenvalue weighted by Gasteiger charge is -2.27. The minimum Gasteiger partial charge on any atom is -0.327 e. The Morgan fingerprint density at radius 2 is 2.21 bits per heavy atom. The van der Waals surface area contributed by atoms with Gasteiger partial charge < -0.3 is 5.73 Å². The van der Waals surface area contributed by atoms with E-state index in [1.807, 2.05) is 13.8 Å². The summed E-state index contributed by atoms with van der Waals surface area (Å²) >= 11 is 0. The van der Waals surface area contributed by atoms with Crippen LogP contribution in [0.1, 0.15) is 20.3 Å². The van der Waals surface area contributed by atoms with Gasteiger partial charge in [0.05, 0.1) is 11.5 Å². The summed E-state index contributed by atoms with van der Waals surface area (Å²) in [6.45, 7) is 5.66. The molecule has 14 heavy (non-hydrogen) atoms. The van der Waals surface area contributed by atoms with Crippen molar-refractivity contribution in [3.63, 3.8) is 0 Å². The third-order valence-electron chi connectivity index (χ3n) is 2.65. The van der Waals surface area contributed by atoms with Gasteiger partial charge >= 0.3 is 0 Å². The largest absolute Gasteiger partial charge is 0.327 e. The van der Waals surface area contributed by atoms with Gasteiger partial charge in [0.1, 0.15) is 0 Å². The van der Waals surface area contributed by atoms with Gasteiger partial charge in [-0.2, -0.15) is 0 Å². The summed E-state index contributed by atoms with van der Waals surface area (Å²) in [6, 6.07) is 0.300. The van der Waals surface area contributed by atoms with Crippen LogP contribution in [0.5, 0.6) is 0 Å². The quantitative estimate of drug-likeness (QED) is 0.715. The monoisotopic (exact) mass is 220 g/mol. The van der Waals surface area contributed by atoms with Gasteiger partial charge in [-0.15, -0.1) is 0 Å². The highest BCUT2D eigenvalue weighted by Crippen LogP contribution is 2.17. The van der Waals surface area contributed by atoms with Crippen LogP contribution in [0.25, 0.3) is 0 Å². The van der Waals surface area contributed by atoms with Crippen LogP contribution in [0.4, 0.5) is 0 Å². The molecule has 2 N–H and O–H groups in total. The predicted octanol–water partition coefficient (Wildman–Crippen LogP) is -0.157. The molecule has 1 saturated heterocycles. The maximum Gasteiger partial charge on any atom is 0.151 e. The molecule has 2 atom stereocenters. The van der Waals surface area contributed by atoms with Gasteiger partial charge in [0, 0.05) is 18.6 Å². The van der Waals surface area contributed by atoms with Gasteiger partial charge in [0.25, 0.3) is 0 Å². The van der Waals surface area contributed by atoms with Crippen molar-refractivity contribution in [1.29, 1.82) is 0 Å². The van der Waals surface area contributed by atoms with Crippen molar-refractivity contribution >= 4 is 9.84 Å². The molecule has 0 aromatic rings. The number of likely N-dealkylation sites (N-methyl/N-ethyl adjacent to an activating group) is 1. The maximum atomic E-state index is 11.3. The summed E-state index contributed by atoms with van der Waals surface area (Å²) in [7, 11) is -2.77. The minimum absolute atomic E-state index is 0.109. The normalized spacial score (nSPS) is 28.1. The van der Waals surface area contributed by atoms with Crippen LogP contribution in [-0.2, 0) is 9.84 Å². The van der Waals surface area contributed by atoms with Crippen LogP contribution in [0.2, 0.25) is 0 Å². The Balaban J connectivity index is 2.55. The Morgan fingerprint density at radius 1 is 1.57 bits per heavy atom. The summed E-state index contributed by atoms with van der Waals surface area (Å²) in [5, 5.41) is 0. The average Bonchev–Trinajstić information content (AvgIpc) is 2.41. The highest BCUT2D eigenvalue weighted by Gasteiger charge is 2.31. The number of nitrogens with two attached hydrogens (primary N) is 1. The summed E-state index contributed by atoms with van der Waals surface area (Å²) in [4.78, 5) is 2.18. The number of nitrogens with zero attached hydrogens (tertiary/aromatic N) is 1. The molecule has 1 heterocycles. The molecule has 0 bridgehead atoms. The lowest BCUT2D eigenvalue weighted by atomic mass is 10.2. The van der Waals surface area contributed by atoms with E-state index < -0.39 is 9.84 Å². The van der Waals surface area contributed by atoms with E-state index in [1.54, 1.807) is 0 Å². The molecule has 4 nitrogen and oxygen atoms in total. The van der Waals surface area contributed by atoms with Crippen molar-refractivity contribution in [3.05, 3.63) is 0 Å². The molecule has 0 spiro atoms. The second-order valence-corrected chi connectivity index (χ2v) is 6.35. The van der Waals surface area contributed by atoms with Crippen LogP contribution in [0.3, 0.4) is 0 Å². The molecule has 0 radical (unpaired) electrons. The molecule has 0 aromatic heterocycles. The van der Waals surface area contributed by atoms with Gasteiger partial charge in [0.15, 0.2) is 9.84 Å². The molecule has 1 fully saturated rings. The summed E-state index contributed by atoms with van der Waals surface area (Å²) in [5.74, 6) is 0.653. The molecular weight excluding hydrogens is 200 g/mol. The third kappa shape index (κ3) is 3.22. The fraction of sp³-hybridized carbons (Fsp3) is 1.00. The first-order chi connectivity index (χ1) is 6.44.